The highest BCUT2D eigenvalue weighted by atomic mass is 13.7. The lowest BCUT2D eigenvalue weighted by Crippen LogP contribution is -1.66. The maximum Gasteiger partial charge on any atom is -0.0500 e. The minimum absolute atomic E-state index is 0.833. The minimum atomic E-state index is 0.833. The first-order valence-corrected chi connectivity index (χ1v) is 5.88. The zero-order valence-electron chi connectivity index (χ0n) is 11.9. The van der Waals surface area contributed by atoms with Gasteiger partial charge in [0.1, 0.15) is 0 Å². The predicted molar refractivity (Wildman–Crippen MR) is 68.3 cm³/mol. The van der Waals surface area contributed by atoms with Crippen LogP contribution in [-0.2, 0) is 0 Å². The van der Waals surface area contributed by atoms with Gasteiger partial charge in [0.25, 0.3) is 0 Å². The summed E-state index contributed by atoms with van der Waals surface area (Å²) in [6.45, 7) is 21.2. The molecule has 0 rings (SSSR count). The predicted octanol–water partition coefficient (Wildman–Crippen LogP) is 5.77. The van der Waals surface area contributed by atoms with Gasteiger partial charge in [-0.2, -0.15) is 0 Å². The summed E-state index contributed by atoms with van der Waals surface area (Å²) in [6.07, 6.45) is 1.25. The maximum absolute atomic E-state index is 2.17. The summed E-state index contributed by atoms with van der Waals surface area (Å²) in [4.78, 5) is 0. The molecule has 0 N–H and O–H groups in total. The second-order valence-corrected chi connectivity index (χ2v) is 4.17. The van der Waals surface area contributed by atoms with E-state index in [0.717, 1.165) is 11.8 Å². The van der Waals surface area contributed by atoms with Gasteiger partial charge in [-0.1, -0.05) is 75.7 Å². The van der Waals surface area contributed by atoms with E-state index in [9.17, 15) is 0 Å². The van der Waals surface area contributed by atoms with Crippen LogP contribution in [0.2, 0.25) is 0 Å². The molecule has 0 bridgehead atoms. The zero-order valence-corrected chi connectivity index (χ0v) is 11.9. The average molecular weight is 190 g/mol. The van der Waals surface area contributed by atoms with Crippen LogP contribution in [0.1, 0.15) is 75.7 Å². The van der Waals surface area contributed by atoms with E-state index in [1.54, 1.807) is 0 Å². The van der Waals surface area contributed by atoms with Crippen molar-refractivity contribution in [1.29, 1.82) is 0 Å². The molecule has 0 heterocycles. The lowest BCUT2D eigenvalue weighted by Gasteiger charge is -1.79. The van der Waals surface area contributed by atoms with Crippen molar-refractivity contribution in [3.8, 4) is 0 Å². The van der Waals surface area contributed by atoms with E-state index in [0.29, 0.717) is 0 Å². The van der Waals surface area contributed by atoms with E-state index in [1.165, 1.54) is 6.42 Å². The molecular weight excluding hydrogens is 156 g/mol. The molecule has 0 heteroatoms. The van der Waals surface area contributed by atoms with Gasteiger partial charge in [0.2, 0.25) is 0 Å². The fraction of sp³-hybridized carbons (Fsp3) is 1.00. The molecule has 0 saturated carbocycles. The smallest absolute Gasteiger partial charge is 0.0500 e. The van der Waals surface area contributed by atoms with Crippen LogP contribution in [0.4, 0.5) is 0 Å². The molecule has 86 valence electrons. The molecule has 0 unspecified atom stereocenters. The quantitative estimate of drug-likeness (QED) is 0.455. The SMILES string of the molecule is CC.CC(C)C.CC(C)C.CCC. The number of hydrogen-bond donors (Lipinski definition) is 0. The van der Waals surface area contributed by atoms with Gasteiger partial charge in [-0.3, -0.25) is 0 Å². The fourth-order valence-electron chi connectivity index (χ4n) is 0. The van der Waals surface area contributed by atoms with E-state index in [4.69, 9.17) is 0 Å². The maximum atomic E-state index is 2.17. The lowest BCUT2D eigenvalue weighted by atomic mass is 10.3. The molecule has 0 nitrogen and oxygen atoms in total. The molecule has 0 amide bonds. The molecule has 0 atom stereocenters. The van der Waals surface area contributed by atoms with Crippen molar-refractivity contribution in [1.82, 2.24) is 0 Å². The van der Waals surface area contributed by atoms with Crippen LogP contribution in [0.5, 0.6) is 0 Å². The van der Waals surface area contributed by atoms with Crippen LogP contribution in [0, 0.1) is 11.8 Å². The third kappa shape index (κ3) is 0. The van der Waals surface area contributed by atoms with Crippen molar-refractivity contribution in [2.24, 2.45) is 11.8 Å². The summed E-state index contributed by atoms with van der Waals surface area (Å²) in [5.74, 6) is 1.67. The van der Waals surface area contributed by atoms with Gasteiger partial charge in [0.15, 0.2) is 0 Å². The standard InChI is InChI=1S/2C4H10.C3H8.C2H6/c2*1-4(2)3;1-3-2;1-2/h2*4H,1-3H3;3H2,1-2H3;1-2H3. The lowest BCUT2D eigenvalue weighted by molar-refractivity contribution is 0.736. The van der Waals surface area contributed by atoms with Gasteiger partial charge >= 0.3 is 0 Å². The van der Waals surface area contributed by atoms with Crippen LogP contribution in [0.15, 0.2) is 0 Å². The highest BCUT2D eigenvalue weighted by Crippen LogP contribution is 1.81. The monoisotopic (exact) mass is 190 g/mol. The molecular formula is C13H34. The topological polar surface area (TPSA) is 0 Å². The number of hydrogen-bond acceptors (Lipinski definition) is 0. The Morgan fingerprint density at radius 1 is 0.615 bits per heavy atom. The molecule has 0 aliphatic heterocycles. The second kappa shape index (κ2) is 29.6. The van der Waals surface area contributed by atoms with Gasteiger partial charge in [-0.25, -0.2) is 0 Å². The Morgan fingerprint density at radius 3 is 0.615 bits per heavy atom. The van der Waals surface area contributed by atoms with Gasteiger partial charge in [-0.15, -0.1) is 0 Å². The Balaban J connectivity index is -0.0000000431. The number of rotatable bonds is 0. The van der Waals surface area contributed by atoms with Crippen LogP contribution < -0.4 is 0 Å². The summed E-state index contributed by atoms with van der Waals surface area (Å²) >= 11 is 0. The van der Waals surface area contributed by atoms with Gasteiger partial charge in [-0.05, 0) is 11.8 Å². The summed E-state index contributed by atoms with van der Waals surface area (Å²) in [5, 5.41) is 0. The Morgan fingerprint density at radius 2 is 0.615 bits per heavy atom. The van der Waals surface area contributed by atoms with Crippen LogP contribution in [0.25, 0.3) is 0 Å². The van der Waals surface area contributed by atoms with E-state index < -0.39 is 0 Å². The van der Waals surface area contributed by atoms with E-state index in [-0.39, 0.29) is 0 Å². The second-order valence-electron chi connectivity index (χ2n) is 4.17. The van der Waals surface area contributed by atoms with Gasteiger partial charge in [0, 0.05) is 0 Å². The largest absolute Gasteiger partial charge is 0.0683 e. The fourth-order valence-corrected chi connectivity index (χ4v) is 0. The van der Waals surface area contributed by atoms with Crippen molar-refractivity contribution in [2.75, 3.05) is 0 Å². The average Bonchev–Trinajstić information content (AvgIpc) is 1.89. The molecule has 0 aromatic carbocycles. The molecule has 0 aromatic heterocycles. The minimum Gasteiger partial charge on any atom is -0.0683 e. The van der Waals surface area contributed by atoms with Crippen LogP contribution in [0.3, 0.4) is 0 Å². The van der Waals surface area contributed by atoms with Gasteiger partial charge in [0.05, 0.1) is 0 Å². The first kappa shape index (κ1) is 23.1. The molecule has 0 aliphatic rings. The van der Waals surface area contributed by atoms with Crippen molar-refractivity contribution in [3.63, 3.8) is 0 Å². The summed E-state index contributed by atoms with van der Waals surface area (Å²) in [5.41, 5.74) is 0. The highest BCUT2D eigenvalue weighted by molar-refractivity contribution is 4.21. The molecule has 0 aliphatic carbocycles. The molecule has 0 fully saturated rings. The van der Waals surface area contributed by atoms with Crippen molar-refractivity contribution < 1.29 is 0 Å². The zero-order chi connectivity index (χ0) is 11.9. The summed E-state index contributed by atoms with van der Waals surface area (Å²) < 4.78 is 0. The molecule has 0 spiro atoms. The first-order valence-electron chi connectivity index (χ1n) is 5.88. The first-order chi connectivity index (χ1) is 5.88. The van der Waals surface area contributed by atoms with E-state index in [2.05, 4.69) is 55.4 Å². The molecule has 13 heavy (non-hydrogen) atoms. The Bertz CT molecular complexity index is 23.8. The third-order valence-electron chi connectivity index (χ3n) is 0. The highest BCUT2D eigenvalue weighted by Gasteiger charge is 1.68. The Kier molecular flexibility index (Phi) is 52.7. The Labute approximate surface area is 88.1 Å². The molecule has 0 radical (unpaired) electrons. The van der Waals surface area contributed by atoms with Crippen molar-refractivity contribution in [2.45, 2.75) is 75.7 Å². The van der Waals surface area contributed by atoms with E-state index >= 15 is 0 Å². The summed E-state index contributed by atoms with van der Waals surface area (Å²) in [7, 11) is 0. The van der Waals surface area contributed by atoms with Gasteiger partial charge < -0.3 is 0 Å². The Hall–Kier alpha value is 0. The van der Waals surface area contributed by atoms with Crippen LogP contribution >= 0.6 is 0 Å². The van der Waals surface area contributed by atoms with Crippen LogP contribution in [-0.4, -0.2) is 0 Å². The van der Waals surface area contributed by atoms with E-state index in [1.807, 2.05) is 13.8 Å². The van der Waals surface area contributed by atoms with Crippen molar-refractivity contribution in [3.05, 3.63) is 0 Å². The molecule has 0 aromatic rings. The third-order valence-corrected chi connectivity index (χ3v) is 0. The normalized spacial score (nSPS) is 7.38. The molecule has 0 saturated heterocycles. The summed E-state index contributed by atoms with van der Waals surface area (Å²) in [6, 6.07) is 0. The van der Waals surface area contributed by atoms with Crippen molar-refractivity contribution >= 4 is 0 Å².